The summed E-state index contributed by atoms with van der Waals surface area (Å²) in [6.07, 6.45) is 0.931. The maximum Gasteiger partial charge on any atom is 0.416 e. The number of aliphatic imine (C=N–C) groups is 2. The van der Waals surface area contributed by atoms with Crippen LogP contribution in [0, 0.1) is 0 Å². The summed E-state index contributed by atoms with van der Waals surface area (Å²) in [6.45, 7) is 0. The van der Waals surface area contributed by atoms with E-state index in [1.165, 1.54) is 38.8 Å². The highest BCUT2D eigenvalue weighted by Crippen LogP contribution is 2.36. The highest BCUT2D eigenvalue weighted by Gasteiger charge is 2.31. The molecule has 0 aliphatic rings. The van der Waals surface area contributed by atoms with E-state index < -0.39 is 17.7 Å². The lowest BCUT2D eigenvalue weighted by Gasteiger charge is -2.09. The molecule has 0 amide bonds. The van der Waals surface area contributed by atoms with Crippen molar-refractivity contribution in [1.29, 1.82) is 0 Å². The smallest absolute Gasteiger partial charge is 0.416 e. The summed E-state index contributed by atoms with van der Waals surface area (Å²) >= 11 is 0. The fraction of sp³-hybridized carbons (Fsp3) is 0.150. The minimum Gasteiger partial charge on any atom is -0.494 e. The Bertz CT molecular complexity index is 919. The predicted octanol–water partition coefficient (Wildman–Crippen LogP) is 5.01. The molecule has 0 aliphatic heterocycles. The van der Waals surface area contributed by atoms with Gasteiger partial charge in [-0.25, -0.2) is 4.79 Å². The molecule has 0 aromatic heterocycles. The molecule has 2 rings (SSSR count). The Morgan fingerprint density at radius 1 is 1.00 bits per heavy atom. The van der Waals surface area contributed by atoms with Gasteiger partial charge in [-0.3, -0.25) is 9.98 Å². The molecule has 0 aliphatic carbocycles. The summed E-state index contributed by atoms with van der Waals surface area (Å²) < 4.78 is 48.1. The summed E-state index contributed by atoms with van der Waals surface area (Å²) in [5.74, 6) is -0.295. The van der Waals surface area contributed by atoms with Crippen molar-refractivity contribution in [3.63, 3.8) is 0 Å². The molecule has 2 aromatic carbocycles. The van der Waals surface area contributed by atoms with Crippen molar-refractivity contribution in [2.75, 3.05) is 14.2 Å². The first-order valence-corrected chi connectivity index (χ1v) is 8.02. The van der Waals surface area contributed by atoms with Gasteiger partial charge in [0.05, 0.1) is 25.5 Å². The lowest BCUT2D eigenvalue weighted by atomic mass is 10.1. The highest BCUT2D eigenvalue weighted by molar-refractivity contribution is 6.17. The van der Waals surface area contributed by atoms with Crippen molar-refractivity contribution in [3.8, 4) is 5.75 Å². The van der Waals surface area contributed by atoms with Gasteiger partial charge in [-0.15, -0.1) is 0 Å². The molecule has 0 radical (unpaired) electrons. The Balaban J connectivity index is 2.23. The van der Waals surface area contributed by atoms with E-state index in [-0.39, 0.29) is 11.4 Å². The van der Waals surface area contributed by atoms with Crippen LogP contribution >= 0.6 is 0 Å². The van der Waals surface area contributed by atoms with Crippen LogP contribution in [0.15, 0.2) is 58.5 Å². The molecule has 0 saturated carbocycles. The minimum atomic E-state index is -4.48. The zero-order chi connectivity index (χ0) is 20.6. The number of ether oxygens (including phenoxy) is 2. The van der Waals surface area contributed by atoms with Crippen LogP contribution in [0.5, 0.6) is 5.75 Å². The number of benzene rings is 2. The zero-order valence-corrected chi connectivity index (χ0v) is 15.1. The lowest BCUT2D eigenvalue weighted by molar-refractivity contribution is -0.137. The van der Waals surface area contributed by atoms with E-state index in [4.69, 9.17) is 4.74 Å². The number of carbonyl (C=O) groups excluding carboxylic acids is 1. The molecule has 2 aromatic rings. The molecule has 146 valence electrons. The molecule has 0 unspecified atom stereocenters. The maximum atomic E-state index is 12.9. The van der Waals surface area contributed by atoms with E-state index in [0.717, 1.165) is 12.1 Å². The standard InChI is InChI=1S/C20H17F3N2O3/c1-27-18-9-8-15(20(21,22)23)13-17(18)25-12-11-24-16-6-4-3-5-14(16)7-10-19(26)28-2/h3-13H,1-2H3/b10-7+,24-11?,25-12?. The molecule has 0 spiro atoms. The zero-order valence-electron chi connectivity index (χ0n) is 15.1. The molecular formula is C20H17F3N2O3. The van der Waals surface area contributed by atoms with Gasteiger partial charge in [0.2, 0.25) is 0 Å². The van der Waals surface area contributed by atoms with Gasteiger partial charge in [-0.2, -0.15) is 13.2 Å². The van der Waals surface area contributed by atoms with Crippen LogP contribution in [0.2, 0.25) is 0 Å². The molecule has 0 N–H and O–H groups in total. The van der Waals surface area contributed by atoms with E-state index in [1.54, 1.807) is 30.3 Å². The van der Waals surface area contributed by atoms with Crippen molar-refractivity contribution >= 4 is 35.8 Å². The van der Waals surface area contributed by atoms with Crippen molar-refractivity contribution in [2.45, 2.75) is 6.18 Å². The van der Waals surface area contributed by atoms with Crippen LogP contribution in [0.1, 0.15) is 11.1 Å². The fourth-order valence-corrected chi connectivity index (χ4v) is 2.17. The second-order valence-electron chi connectivity index (χ2n) is 5.36. The average Bonchev–Trinajstić information content (AvgIpc) is 2.69. The van der Waals surface area contributed by atoms with Gasteiger partial charge in [0, 0.05) is 24.1 Å². The third-order valence-electron chi connectivity index (χ3n) is 3.54. The van der Waals surface area contributed by atoms with Crippen LogP contribution < -0.4 is 4.74 Å². The Labute approximate surface area is 159 Å². The van der Waals surface area contributed by atoms with Gasteiger partial charge in [-0.1, -0.05) is 18.2 Å². The van der Waals surface area contributed by atoms with Crippen molar-refractivity contribution in [1.82, 2.24) is 0 Å². The van der Waals surface area contributed by atoms with Crippen LogP contribution in [-0.4, -0.2) is 32.6 Å². The van der Waals surface area contributed by atoms with Gasteiger partial charge in [-0.05, 0) is 30.3 Å². The molecule has 0 saturated heterocycles. The Morgan fingerprint density at radius 3 is 2.32 bits per heavy atom. The summed E-state index contributed by atoms with van der Waals surface area (Å²) in [5, 5.41) is 0. The van der Waals surface area contributed by atoms with Crippen molar-refractivity contribution in [2.24, 2.45) is 9.98 Å². The summed E-state index contributed by atoms with van der Waals surface area (Å²) in [7, 11) is 2.62. The normalized spacial score (nSPS) is 12.2. The van der Waals surface area contributed by atoms with E-state index in [9.17, 15) is 18.0 Å². The third kappa shape index (κ3) is 5.80. The summed E-state index contributed by atoms with van der Waals surface area (Å²) in [6, 6.07) is 10.0. The second kappa shape index (κ2) is 9.50. The molecular weight excluding hydrogens is 373 g/mol. The summed E-state index contributed by atoms with van der Waals surface area (Å²) in [5.41, 5.74) is 0.414. The molecule has 0 bridgehead atoms. The average molecular weight is 390 g/mol. The number of alkyl halides is 3. The molecule has 28 heavy (non-hydrogen) atoms. The first-order chi connectivity index (χ1) is 13.3. The Kier molecular flexibility index (Phi) is 7.08. The number of hydrogen-bond donors (Lipinski definition) is 0. The number of nitrogens with zero attached hydrogens (tertiary/aromatic N) is 2. The lowest BCUT2D eigenvalue weighted by Crippen LogP contribution is -2.04. The van der Waals surface area contributed by atoms with Crippen LogP contribution in [0.3, 0.4) is 0 Å². The number of hydrogen-bond acceptors (Lipinski definition) is 5. The van der Waals surface area contributed by atoms with Crippen LogP contribution in [-0.2, 0) is 15.7 Å². The monoisotopic (exact) mass is 390 g/mol. The third-order valence-corrected chi connectivity index (χ3v) is 3.54. The van der Waals surface area contributed by atoms with E-state index in [1.807, 2.05) is 0 Å². The van der Waals surface area contributed by atoms with Gasteiger partial charge < -0.3 is 9.47 Å². The van der Waals surface area contributed by atoms with Gasteiger partial charge >= 0.3 is 12.1 Å². The second-order valence-corrected chi connectivity index (χ2v) is 5.36. The fourth-order valence-electron chi connectivity index (χ4n) is 2.17. The van der Waals surface area contributed by atoms with Crippen molar-refractivity contribution in [3.05, 3.63) is 59.7 Å². The van der Waals surface area contributed by atoms with Gasteiger partial charge in [0.25, 0.3) is 0 Å². The number of para-hydroxylation sites is 1. The molecule has 5 nitrogen and oxygen atoms in total. The van der Waals surface area contributed by atoms with Gasteiger partial charge in [0.1, 0.15) is 11.4 Å². The molecule has 0 heterocycles. The highest BCUT2D eigenvalue weighted by atomic mass is 19.4. The van der Waals surface area contributed by atoms with E-state index in [2.05, 4.69) is 14.7 Å². The molecule has 8 heteroatoms. The number of esters is 1. The van der Waals surface area contributed by atoms with E-state index in [0.29, 0.717) is 11.3 Å². The summed E-state index contributed by atoms with van der Waals surface area (Å²) in [4.78, 5) is 19.4. The van der Waals surface area contributed by atoms with E-state index >= 15 is 0 Å². The Hall–Kier alpha value is -3.42. The number of methoxy groups -OCH3 is 2. The predicted molar refractivity (Wildman–Crippen MR) is 102 cm³/mol. The van der Waals surface area contributed by atoms with Crippen LogP contribution in [0.25, 0.3) is 6.08 Å². The number of halogens is 3. The topological polar surface area (TPSA) is 60.2 Å². The number of rotatable bonds is 6. The largest absolute Gasteiger partial charge is 0.494 e. The molecule has 0 atom stereocenters. The van der Waals surface area contributed by atoms with Crippen molar-refractivity contribution < 1.29 is 27.4 Å². The first-order valence-electron chi connectivity index (χ1n) is 8.02. The van der Waals surface area contributed by atoms with Crippen LogP contribution in [0.4, 0.5) is 24.5 Å². The molecule has 0 fully saturated rings. The number of carbonyl (C=O) groups is 1. The quantitative estimate of drug-likeness (QED) is 0.396. The first kappa shape index (κ1) is 20.9. The van der Waals surface area contributed by atoms with Gasteiger partial charge in [0.15, 0.2) is 0 Å². The minimum absolute atomic E-state index is 0.0302. The SMILES string of the molecule is COC(=O)/C=C/c1ccccc1N=CC=Nc1cc(C(F)(F)F)ccc1OC. The Morgan fingerprint density at radius 2 is 1.68 bits per heavy atom. The maximum absolute atomic E-state index is 12.9.